The summed E-state index contributed by atoms with van der Waals surface area (Å²) in [7, 11) is -3.16. The molecule has 92 valence electrons. The fourth-order valence-electron chi connectivity index (χ4n) is 2.17. The van der Waals surface area contributed by atoms with Crippen molar-refractivity contribution in [3.05, 3.63) is 29.3 Å². The van der Waals surface area contributed by atoms with Gasteiger partial charge in [-0.15, -0.1) is 0 Å². The monoisotopic (exact) mass is 254 g/mol. The number of carbonyl (C=O) groups is 1. The van der Waals surface area contributed by atoms with E-state index in [2.05, 4.69) is 0 Å². The van der Waals surface area contributed by atoms with Gasteiger partial charge in [0.05, 0.1) is 10.6 Å². The van der Waals surface area contributed by atoms with Crippen LogP contribution >= 0.6 is 0 Å². The number of benzene rings is 1. The molecule has 0 amide bonds. The van der Waals surface area contributed by atoms with Crippen LogP contribution in [0.3, 0.4) is 0 Å². The standard InChI is InChI=1S/C12H14O4S/c1-8-7-17(15,16)11-6-9(2-4-10(8)11)3-5-12(13)14/h2,4,6,8H,3,5,7H2,1H3,(H,13,14). The molecule has 1 aromatic rings. The van der Waals surface area contributed by atoms with Crippen molar-refractivity contribution < 1.29 is 18.3 Å². The third-order valence-electron chi connectivity index (χ3n) is 3.04. The smallest absolute Gasteiger partial charge is 0.303 e. The molecule has 0 spiro atoms. The van der Waals surface area contributed by atoms with E-state index in [1.807, 2.05) is 19.1 Å². The van der Waals surface area contributed by atoms with Crippen LogP contribution in [0.5, 0.6) is 0 Å². The first kappa shape index (κ1) is 12.1. The number of sulfone groups is 1. The van der Waals surface area contributed by atoms with E-state index in [1.165, 1.54) is 0 Å². The Labute approximate surface area is 100 Å². The Kier molecular flexibility index (Phi) is 2.95. The van der Waals surface area contributed by atoms with Gasteiger partial charge in [0.1, 0.15) is 0 Å². The van der Waals surface area contributed by atoms with Gasteiger partial charge in [-0.3, -0.25) is 4.79 Å². The summed E-state index contributed by atoms with van der Waals surface area (Å²) in [6.07, 6.45) is 0.390. The van der Waals surface area contributed by atoms with Crippen LogP contribution in [0.25, 0.3) is 0 Å². The summed E-state index contributed by atoms with van der Waals surface area (Å²) in [5.74, 6) is -0.685. The van der Waals surface area contributed by atoms with E-state index in [4.69, 9.17) is 5.11 Å². The van der Waals surface area contributed by atoms with Crippen molar-refractivity contribution in [2.75, 3.05) is 5.75 Å². The number of aryl methyl sites for hydroxylation is 1. The Morgan fingerprint density at radius 3 is 2.82 bits per heavy atom. The Balaban J connectivity index is 2.34. The van der Waals surface area contributed by atoms with Crippen LogP contribution in [0.4, 0.5) is 0 Å². The Bertz CT molecular complexity index is 560. The van der Waals surface area contributed by atoms with Crippen LogP contribution in [-0.4, -0.2) is 25.2 Å². The molecule has 1 heterocycles. The molecule has 17 heavy (non-hydrogen) atoms. The molecule has 2 rings (SSSR count). The van der Waals surface area contributed by atoms with E-state index in [0.717, 1.165) is 11.1 Å². The van der Waals surface area contributed by atoms with Crippen molar-refractivity contribution >= 4 is 15.8 Å². The summed E-state index contributed by atoms with van der Waals surface area (Å²) < 4.78 is 23.7. The van der Waals surface area contributed by atoms with Gasteiger partial charge in [-0.1, -0.05) is 19.1 Å². The van der Waals surface area contributed by atoms with Crippen molar-refractivity contribution in [3.8, 4) is 0 Å². The second-order valence-corrected chi connectivity index (χ2v) is 6.45. The fourth-order valence-corrected chi connectivity index (χ4v) is 4.15. The average Bonchev–Trinajstić information content (AvgIpc) is 2.47. The van der Waals surface area contributed by atoms with E-state index in [0.29, 0.717) is 11.3 Å². The molecule has 4 nitrogen and oxygen atoms in total. The van der Waals surface area contributed by atoms with Gasteiger partial charge in [0.15, 0.2) is 9.84 Å². The summed E-state index contributed by atoms with van der Waals surface area (Å²) in [6.45, 7) is 1.89. The maximum absolute atomic E-state index is 11.8. The molecule has 0 radical (unpaired) electrons. The zero-order chi connectivity index (χ0) is 12.6. The minimum atomic E-state index is -3.16. The first-order valence-electron chi connectivity index (χ1n) is 5.47. The fraction of sp³-hybridized carbons (Fsp3) is 0.417. The lowest BCUT2D eigenvalue weighted by Crippen LogP contribution is -2.01. The molecule has 0 bridgehead atoms. The molecule has 0 aromatic heterocycles. The number of hydrogen-bond donors (Lipinski definition) is 1. The van der Waals surface area contributed by atoms with Gasteiger partial charge in [0, 0.05) is 6.42 Å². The third kappa shape index (κ3) is 2.34. The van der Waals surface area contributed by atoms with Gasteiger partial charge >= 0.3 is 5.97 Å². The summed E-state index contributed by atoms with van der Waals surface area (Å²) in [5.41, 5.74) is 1.62. The second-order valence-electron chi connectivity index (χ2n) is 4.45. The maximum Gasteiger partial charge on any atom is 0.303 e. The van der Waals surface area contributed by atoms with Gasteiger partial charge in [-0.2, -0.15) is 0 Å². The van der Waals surface area contributed by atoms with Crippen molar-refractivity contribution in [1.29, 1.82) is 0 Å². The SMILES string of the molecule is CC1CS(=O)(=O)c2cc(CCC(=O)O)ccc21. The van der Waals surface area contributed by atoms with Gasteiger partial charge < -0.3 is 5.11 Å². The number of carboxylic acid groups (broad SMARTS) is 1. The summed E-state index contributed by atoms with van der Waals surface area (Å²) in [6, 6.07) is 5.25. The van der Waals surface area contributed by atoms with Crippen LogP contribution in [0.1, 0.15) is 30.4 Å². The average molecular weight is 254 g/mol. The van der Waals surface area contributed by atoms with Crippen LogP contribution in [0.15, 0.2) is 23.1 Å². The highest BCUT2D eigenvalue weighted by atomic mass is 32.2. The van der Waals surface area contributed by atoms with E-state index in [9.17, 15) is 13.2 Å². The van der Waals surface area contributed by atoms with Crippen LogP contribution < -0.4 is 0 Å². The number of rotatable bonds is 3. The molecule has 1 unspecified atom stereocenters. The molecule has 1 atom stereocenters. The van der Waals surface area contributed by atoms with Crippen molar-refractivity contribution in [2.24, 2.45) is 0 Å². The molecule has 1 N–H and O–H groups in total. The molecule has 0 saturated carbocycles. The number of aliphatic carboxylic acids is 1. The molecule has 1 aliphatic rings. The van der Waals surface area contributed by atoms with Crippen LogP contribution in [0.2, 0.25) is 0 Å². The Morgan fingerprint density at radius 1 is 1.47 bits per heavy atom. The topological polar surface area (TPSA) is 71.4 Å². The third-order valence-corrected chi connectivity index (χ3v) is 5.00. The Morgan fingerprint density at radius 2 is 2.18 bits per heavy atom. The highest BCUT2D eigenvalue weighted by Crippen LogP contribution is 2.35. The molecule has 0 saturated heterocycles. The molecular weight excluding hydrogens is 240 g/mol. The van der Waals surface area contributed by atoms with Crippen LogP contribution in [0, 0.1) is 0 Å². The first-order chi connectivity index (χ1) is 7.90. The van der Waals surface area contributed by atoms with Crippen molar-refractivity contribution in [2.45, 2.75) is 30.6 Å². The van der Waals surface area contributed by atoms with E-state index >= 15 is 0 Å². The lowest BCUT2D eigenvalue weighted by atomic mass is 10.0. The molecule has 1 aliphatic heterocycles. The van der Waals surface area contributed by atoms with E-state index in [-0.39, 0.29) is 18.1 Å². The summed E-state index contributed by atoms with van der Waals surface area (Å²) >= 11 is 0. The maximum atomic E-state index is 11.8. The predicted octanol–water partition coefficient (Wildman–Crippen LogP) is 1.59. The molecular formula is C12H14O4S. The lowest BCUT2D eigenvalue weighted by molar-refractivity contribution is -0.136. The Hall–Kier alpha value is -1.36. The second kappa shape index (κ2) is 4.14. The largest absolute Gasteiger partial charge is 0.481 e. The molecule has 1 aromatic carbocycles. The van der Waals surface area contributed by atoms with Gasteiger partial charge in [0.25, 0.3) is 0 Å². The summed E-state index contributed by atoms with van der Waals surface area (Å²) in [5, 5.41) is 8.59. The minimum Gasteiger partial charge on any atom is -0.481 e. The summed E-state index contributed by atoms with van der Waals surface area (Å²) in [4.78, 5) is 10.8. The molecule has 0 fully saturated rings. The van der Waals surface area contributed by atoms with E-state index < -0.39 is 15.8 Å². The van der Waals surface area contributed by atoms with E-state index in [1.54, 1.807) is 6.07 Å². The number of fused-ring (bicyclic) bond motifs is 1. The first-order valence-corrected chi connectivity index (χ1v) is 7.13. The number of hydrogen-bond acceptors (Lipinski definition) is 3. The van der Waals surface area contributed by atoms with Crippen molar-refractivity contribution in [3.63, 3.8) is 0 Å². The highest BCUT2D eigenvalue weighted by Gasteiger charge is 2.31. The van der Waals surface area contributed by atoms with Gasteiger partial charge in [-0.05, 0) is 29.5 Å². The normalized spacial score (nSPS) is 21.1. The van der Waals surface area contributed by atoms with Gasteiger partial charge in [0.2, 0.25) is 0 Å². The van der Waals surface area contributed by atoms with Gasteiger partial charge in [-0.25, -0.2) is 8.42 Å². The molecule has 5 heteroatoms. The lowest BCUT2D eigenvalue weighted by Gasteiger charge is -2.04. The zero-order valence-electron chi connectivity index (χ0n) is 9.51. The number of carboxylic acids is 1. The van der Waals surface area contributed by atoms with Crippen LogP contribution in [-0.2, 0) is 21.1 Å². The predicted molar refractivity (Wildman–Crippen MR) is 62.9 cm³/mol. The highest BCUT2D eigenvalue weighted by molar-refractivity contribution is 7.91. The quantitative estimate of drug-likeness (QED) is 0.889. The molecule has 0 aliphatic carbocycles. The van der Waals surface area contributed by atoms with Crippen molar-refractivity contribution in [1.82, 2.24) is 0 Å². The zero-order valence-corrected chi connectivity index (χ0v) is 10.3. The minimum absolute atomic E-state index is 0.0222.